The van der Waals surface area contributed by atoms with E-state index < -0.39 is 11.7 Å². The number of halogens is 1. The number of nitrogens with zero attached hydrogens (tertiary/aromatic N) is 1. The Morgan fingerprint density at radius 2 is 2.38 bits per heavy atom. The van der Waals surface area contributed by atoms with E-state index in [9.17, 15) is 9.18 Å². The number of hydrogen-bond acceptors (Lipinski definition) is 4. The second kappa shape index (κ2) is 5.56. The number of nitriles is 1. The van der Waals surface area contributed by atoms with Crippen molar-refractivity contribution in [2.75, 3.05) is 18.9 Å². The number of ether oxygens (including phenoxy) is 1. The highest BCUT2D eigenvalue weighted by molar-refractivity contribution is 5.77. The van der Waals surface area contributed by atoms with Crippen LogP contribution in [0.1, 0.15) is 0 Å². The van der Waals surface area contributed by atoms with Crippen LogP contribution in [0.2, 0.25) is 0 Å². The third kappa shape index (κ3) is 3.46. The van der Waals surface area contributed by atoms with E-state index in [1.54, 1.807) is 6.07 Å². The molecule has 0 aliphatic rings. The molecule has 1 aromatic carbocycles. The van der Waals surface area contributed by atoms with E-state index in [1.807, 2.05) is 0 Å². The summed E-state index contributed by atoms with van der Waals surface area (Å²) in [4.78, 5) is 11.0. The second-order valence-electron chi connectivity index (χ2n) is 2.91. The molecule has 0 aliphatic carbocycles. The van der Waals surface area contributed by atoms with Crippen LogP contribution in [0.5, 0.6) is 5.75 Å². The monoisotopic (exact) mass is 223 g/mol. The van der Waals surface area contributed by atoms with Gasteiger partial charge in [-0.05, 0) is 12.1 Å². The van der Waals surface area contributed by atoms with Crippen molar-refractivity contribution in [2.24, 2.45) is 0 Å². The highest BCUT2D eigenvalue weighted by atomic mass is 19.1. The zero-order valence-corrected chi connectivity index (χ0v) is 8.37. The maximum absolute atomic E-state index is 13.2. The predicted molar refractivity (Wildman–Crippen MR) is 54.9 cm³/mol. The van der Waals surface area contributed by atoms with E-state index in [0.717, 1.165) is 6.07 Å². The second-order valence-corrected chi connectivity index (χ2v) is 2.91. The maximum Gasteiger partial charge on any atom is 0.258 e. The van der Waals surface area contributed by atoms with Gasteiger partial charge in [0.1, 0.15) is 6.54 Å². The molecule has 0 bridgehead atoms. The van der Waals surface area contributed by atoms with Crippen LogP contribution in [0.3, 0.4) is 0 Å². The smallest absolute Gasteiger partial charge is 0.258 e. The average molecular weight is 223 g/mol. The van der Waals surface area contributed by atoms with E-state index in [4.69, 9.17) is 15.7 Å². The fourth-order valence-corrected chi connectivity index (χ4v) is 0.967. The summed E-state index contributed by atoms with van der Waals surface area (Å²) in [6.07, 6.45) is 0. The fraction of sp³-hybridized carbons (Fsp3) is 0.200. The van der Waals surface area contributed by atoms with Crippen molar-refractivity contribution in [3.8, 4) is 11.8 Å². The van der Waals surface area contributed by atoms with Gasteiger partial charge in [0.2, 0.25) is 0 Å². The molecule has 6 heteroatoms. The molecule has 1 aromatic rings. The molecule has 0 radical (unpaired) electrons. The normalized spacial score (nSPS) is 9.25. The SMILES string of the molecule is N#CCNC(=O)COc1ccc(N)cc1F. The van der Waals surface area contributed by atoms with Crippen LogP contribution >= 0.6 is 0 Å². The molecule has 0 aliphatic heterocycles. The van der Waals surface area contributed by atoms with Crippen LogP contribution in [0.25, 0.3) is 0 Å². The Morgan fingerprint density at radius 3 is 3.00 bits per heavy atom. The van der Waals surface area contributed by atoms with Crippen molar-refractivity contribution < 1.29 is 13.9 Å². The Kier molecular flexibility index (Phi) is 4.09. The summed E-state index contributed by atoms with van der Waals surface area (Å²) < 4.78 is 18.1. The van der Waals surface area contributed by atoms with Crippen LogP contribution in [0.15, 0.2) is 18.2 Å². The van der Waals surface area contributed by atoms with Crippen molar-refractivity contribution in [3.63, 3.8) is 0 Å². The number of nitrogen functional groups attached to an aromatic ring is 1. The molecule has 3 N–H and O–H groups in total. The lowest BCUT2D eigenvalue weighted by molar-refractivity contribution is -0.122. The molecule has 0 saturated heterocycles. The van der Waals surface area contributed by atoms with E-state index >= 15 is 0 Å². The van der Waals surface area contributed by atoms with Gasteiger partial charge < -0.3 is 15.8 Å². The van der Waals surface area contributed by atoms with Gasteiger partial charge in [-0.3, -0.25) is 4.79 Å². The molecule has 0 saturated carbocycles. The summed E-state index contributed by atoms with van der Waals surface area (Å²) in [5.74, 6) is -1.17. The number of benzene rings is 1. The molecular weight excluding hydrogens is 213 g/mol. The summed E-state index contributed by atoms with van der Waals surface area (Å²) >= 11 is 0. The van der Waals surface area contributed by atoms with Crippen molar-refractivity contribution >= 4 is 11.6 Å². The van der Waals surface area contributed by atoms with Gasteiger partial charge >= 0.3 is 0 Å². The Morgan fingerprint density at radius 1 is 1.62 bits per heavy atom. The summed E-state index contributed by atoms with van der Waals surface area (Å²) in [6, 6.07) is 5.64. The molecule has 0 fully saturated rings. The molecule has 16 heavy (non-hydrogen) atoms. The number of rotatable bonds is 4. The van der Waals surface area contributed by atoms with Crippen LogP contribution < -0.4 is 15.8 Å². The van der Waals surface area contributed by atoms with Gasteiger partial charge in [0.05, 0.1) is 6.07 Å². The number of carbonyl (C=O) groups is 1. The zero-order valence-electron chi connectivity index (χ0n) is 8.37. The van der Waals surface area contributed by atoms with E-state index in [1.165, 1.54) is 12.1 Å². The standard InChI is InChI=1S/C10H10FN3O2/c11-8-5-7(13)1-2-9(8)16-6-10(15)14-4-3-12/h1-2,5H,4,6,13H2,(H,14,15). The Bertz CT molecular complexity index is 429. The van der Waals surface area contributed by atoms with Crippen LogP contribution in [-0.4, -0.2) is 19.1 Å². The third-order valence-electron chi connectivity index (χ3n) is 1.68. The number of anilines is 1. The molecule has 0 heterocycles. The molecule has 1 rings (SSSR count). The summed E-state index contributed by atoms with van der Waals surface area (Å²) in [6.45, 7) is -0.449. The minimum Gasteiger partial charge on any atom is -0.481 e. The van der Waals surface area contributed by atoms with Gasteiger partial charge in [-0.15, -0.1) is 0 Å². The van der Waals surface area contributed by atoms with Gasteiger partial charge in [0.25, 0.3) is 5.91 Å². The van der Waals surface area contributed by atoms with Crippen LogP contribution in [0, 0.1) is 17.1 Å². The molecule has 5 nitrogen and oxygen atoms in total. The first-order chi connectivity index (χ1) is 7.63. The Hall–Kier alpha value is -2.29. The lowest BCUT2D eigenvalue weighted by Crippen LogP contribution is -2.29. The number of nitrogens with one attached hydrogen (secondary N) is 1. The molecule has 0 atom stereocenters. The predicted octanol–water partition coefficient (Wildman–Crippen LogP) is 0.426. The number of amides is 1. The van der Waals surface area contributed by atoms with Gasteiger partial charge in [0.15, 0.2) is 18.2 Å². The number of carbonyl (C=O) groups excluding carboxylic acids is 1. The third-order valence-corrected chi connectivity index (χ3v) is 1.68. The van der Waals surface area contributed by atoms with E-state index in [0.29, 0.717) is 0 Å². The maximum atomic E-state index is 13.2. The molecule has 0 aromatic heterocycles. The molecule has 1 amide bonds. The first-order valence-corrected chi connectivity index (χ1v) is 4.45. The minimum atomic E-state index is -0.631. The Labute approximate surface area is 91.6 Å². The van der Waals surface area contributed by atoms with Crippen LogP contribution in [0.4, 0.5) is 10.1 Å². The molecule has 0 unspecified atom stereocenters. The number of nitrogens with two attached hydrogens (primary N) is 1. The lowest BCUT2D eigenvalue weighted by Gasteiger charge is -2.06. The van der Waals surface area contributed by atoms with Crippen LogP contribution in [-0.2, 0) is 4.79 Å². The van der Waals surface area contributed by atoms with Gasteiger partial charge in [-0.1, -0.05) is 0 Å². The van der Waals surface area contributed by atoms with Crippen molar-refractivity contribution in [1.29, 1.82) is 5.26 Å². The van der Waals surface area contributed by atoms with Crippen molar-refractivity contribution in [3.05, 3.63) is 24.0 Å². The summed E-state index contributed by atoms with van der Waals surface area (Å²) in [5.41, 5.74) is 5.61. The minimum absolute atomic E-state index is 0.0543. The van der Waals surface area contributed by atoms with Gasteiger partial charge in [0, 0.05) is 11.8 Å². The molecular formula is C10H10FN3O2. The fourth-order valence-electron chi connectivity index (χ4n) is 0.967. The van der Waals surface area contributed by atoms with Gasteiger partial charge in [-0.2, -0.15) is 5.26 Å². The van der Waals surface area contributed by atoms with E-state index in [2.05, 4.69) is 5.32 Å². The topological polar surface area (TPSA) is 88.1 Å². The highest BCUT2D eigenvalue weighted by Gasteiger charge is 2.06. The van der Waals surface area contributed by atoms with Crippen molar-refractivity contribution in [2.45, 2.75) is 0 Å². The quantitative estimate of drug-likeness (QED) is 0.572. The van der Waals surface area contributed by atoms with Crippen molar-refractivity contribution in [1.82, 2.24) is 5.32 Å². The lowest BCUT2D eigenvalue weighted by atomic mass is 10.3. The summed E-state index contributed by atoms with van der Waals surface area (Å²) in [7, 11) is 0. The summed E-state index contributed by atoms with van der Waals surface area (Å²) in [5, 5.41) is 10.5. The first kappa shape index (κ1) is 11.8. The zero-order chi connectivity index (χ0) is 12.0. The number of hydrogen-bond donors (Lipinski definition) is 2. The van der Waals surface area contributed by atoms with Gasteiger partial charge in [-0.25, -0.2) is 4.39 Å². The molecule has 0 spiro atoms. The largest absolute Gasteiger partial charge is 0.481 e. The Balaban J connectivity index is 2.49. The highest BCUT2D eigenvalue weighted by Crippen LogP contribution is 2.18. The first-order valence-electron chi connectivity index (χ1n) is 4.45. The molecule has 84 valence electrons. The average Bonchev–Trinajstić information content (AvgIpc) is 2.25. The van der Waals surface area contributed by atoms with E-state index in [-0.39, 0.29) is 24.6 Å².